The number of esters is 1. The van der Waals surface area contributed by atoms with Crippen LogP contribution in [-0.2, 0) is 14.3 Å². The molecule has 1 saturated heterocycles. The second-order valence-corrected chi connectivity index (χ2v) is 9.85. The summed E-state index contributed by atoms with van der Waals surface area (Å²) in [4.78, 5) is 70.2. The Morgan fingerprint density at radius 1 is 1.02 bits per heavy atom. The van der Waals surface area contributed by atoms with Crippen LogP contribution in [-0.4, -0.2) is 56.5 Å². The molecular weight excluding hydrogens is 554 g/mol. The number of H-pyrrole nitrogens is 2. The Labute approximate surface area is 237 Å². The Morgan fingerprint density at radius 3 is 2.37 bits per heavy atom. The molecule has 1 aromatic heterocycles. The summed E-state index contributed by atoms with van der Waals surface area (Å²) in [5.41, 5.74) is -0.734. The molecule has 5 N–H and O–H groups in total. The first-order chi connectivity index (χ1) is 19.7. The smallest absolute Gasteiger partial charge is 0.338 e. The highest BCUT2D eigenvalue weighted by Crippen LogP contribution is 2.32. The van der Waals surface area contributed by atoms with Crippen molar-refractivity contribution in [3.8, 4) is 11.6 Å². The molecule has 0 unspecified atom stereocenters. The highest BCUT2D eigenvalue weighted by atomic mass is 32.2. The lowest BCUT2D eigenvalue weighted by atomic mass is 10.0. The van der Waals surface area contributed by atoms with Gasteiger partial charge in [0.1, 0.15) is 22.6 Å². The van der Waals surface area contributed by atoms with Gasteiger partial charge in [-0.1, -0.05) is 23.9 Å². The third-order valence-electron chi connectivity index (χ3n) is 5.81. The number of anilines is 1. The minimum Gasteiger partial charge on any atom is -0.494 e. The van der Waals surface area contributed by atoms with Crippen LogP contribution in [0.15, 0.2) is 63.1 Å². The molecule has 14 heteroatoms. The fourth-order valence-electron chi connectivity index (χ4n) is 3.96. The molecule has 2 heterocycles. The van der Waals surface area contributed by atoms with E-state index in [1.165, 1.54) is 12.1 Å². The van der Waals surface area contributed by atoms with E-state index in [2.05, 4.69) is 25.6 Å². The predicted octanol–water partition coefficient (Wildman–Crippen LogP) is 2.05. The molecule has 0 saturated carbocycles. The number of carbonyl (C=O) groups excluding carboxylic acids is 3. The number of nitrogens with one attached hydrogen (secondary N) is 4. The summed E-state index contributed by atoms with van der Waals surface area (Å²) in [5.74, 6) is -1.47. The van der Waals surface area contributed by atoms with Crippen LogP contribution in [0.25, 0.3) is 0 Å². The van der Waals surface area contributed by atoms with Crippen LogP contribution >= 0.6 is 11.8 Å². The third-order valence-corrected chi connectivity index (χ3v) is 6.91. The van der Waals surface area contributed by atoms with Crippen LogP contribution in [0.5, 0.6) is 11.6 Å². The first-order valence-electron chi connectivity index (χ1n) is 12.6. The molecule has 1 aliphatic rings. The van der Waals surface area contributed by atoms with E-state index < -0.39 is 46.2 Å². The summed E-state index contributed by atoms with van der Waals surface area (Å²) in [5, 5.41) is 15.0. The van der Waals surface area contributed by atoms with Crippen LogP contribution in [0, 0.1) is 0 Å². The molecule has 41 heavy (non-hydrogen) atoms. The number of aromatic hydroxyl groups is 1. The molecule has 3 aromatic rings. The maximum absolute atomic E-state index is 12.7. The normalized spacial score (nSPS) is 16.2. The lowest BCUT2D eigenvalue weighted by Gasteiger charge is -2.15. The second-order valence-electron chi connectivity index (χ2n) is 8.66. The number of ether oxygens (including phenoxy) is 2. The van der Waals surface area contributed by atoms with E-state index in [9.17, 15) is 29.1 Å². The van der Waals surface area contributed by atoms with E-state index >= 15 is 0 Å². The summed E-state index contributed by atoms with van der Waals surface area (Å²) in [7, 11) is 0. The number of carbonyl (C=O) groups is 3. The van der Waals surface area contributed by atoms with Gasteiger partial charge in [0.15, 0.2) is 5.17 Å². The fraction of sp³-hybridized carbons (Fsp3) is 0.259. The maximum Gasteiger partial charge on any atom is 0.338 e. The molecule has 0 bridgehead atoms. The van der Waals surface area contributed by atoms with Crippen LogP contribution in [0.3, 0.4) is 0 Å². The number of benzene rings is 2. The van der Waals surface area contributed by atoms with Crippen molar-refractivity contribution in [3.05, 3.63) is 86.1 Å². The van der Waals surface area contributed by atoms with Crippen molar-refractivity contribution in [2.24, 2.45) is 4.99 Å². The first-order valence-corrected chi connectivity index (χ1v) is 13.5. The topological polar surface area (TPSA) is 192 Å². The predicted molar refractivity (Wildman–Crippen MR) is 151 cm³/mol. The number of rotatable bonds is 10. The number of aromatic amines is 2. The van der Waals surface area contributed by atoms with Gasteiger partial charge in [-0.15, -0.1) is 0 Å². The van der Waals surface area contributed by atoms with E-state index in [-0.39, 0.29) is 23.8 Å². The average Bonchev–Trinajstić information content (AvgIpc) is 3.26. The molecule has 0 aliphatic carbocycles. The van der Waals surface area contributed by atoms with E-state index in [0.717, 1.165) is 11.8 Å². The second kappa shape index (κ2) is 13.0. The number of hydrogen-bond donors (Lipinski definition) is 5. The lowest BCUT2D eigenvalue weighted by Crippen LogP contribution is -2.29. The van der Waals surface area contributed by atoms with Crippen LogP contribution in [0.4, 0.5) is 5.69 Å². The van der Waals surface area contributed by atoms with Crippen molar-refractivity contribution in [2.45, 2.75) is 31.6 Å². The average molecular weight is 582 g/mol. The third kappa shape index (κ3) is 7.22. The van der Waals surface area contributed by atoms with Gasteiger partial charge in [0.25, 0.3) is 5.56 Å². The maximum atomic E-state index is 12.7. The number of nitrogens with zero attached hydrogens (tertiary/aromatic N) is 1. The number of amides is 2. The van der Waals surface area contributed by atoms with Gasteiger partial charge in [0, 0.05) is 12.1 Å². The quantitative estimate of drug-likeness (QED) is 0.223. The molecule has 2 atom stereocenters. The summed E-state index contributed by atoms with van der Waals surface area (Å²) in [6.07, 6.45) is -0.187. The van der Waals surface area contributed by atoms with Crippen LogP contribution in [0.1, 0.15) is 47.8 Å². The van der Waals surface area contributed by atoms with Crippen molar-refractivity contribution in [1.82, 2.24) is 15.3 Å². The van der Waals surface area contributed by atoms with Crippen molar-refractivity contribution < 1.29 is 29.0 Å². The number of hydrogen-bond acceptors (Lipinski definition) is 10. The summed E-state index contributed by atoms with van der Waals surface area (Å²) >= 11 is 0.990. The molecule has 4 rings (SSSR count). The van der Waals surface area contributed by atoms with E-state index in [1.54, 1.807) is 43.3 Å². The van der Waals surface area contributed by atoms with Crippen molar-refractivity contribution in [3.63, 3.8) is 0 Å². The Balaban J connectivity index is 1.52. The SMILES string of the molecule is CCOC(=O)c1ccc(NC(=O)C[C@@H]2SC(=N[C@H](c3ccc(OCC)cc3)c3c(O)[nH]c(=O)[nH]c3=O)NC2=O)cc1. The van der Waals surface area contributed by atoms with Gasteiger partial charge in [-0.3, -0.25) is 24.4 Å². The summed E-state index contributed by atoms with van der Waals surface area (Å²) < 4.78 is 10.4. The lowest BCUT2D eigenvalue weighted by molar-refractivity contribution is -0.122. The van der Waals surface area contributed by atoms with Crippen molar-refractivity contribution in [2.75, 3.05) is 18.5 Å². The van der Waals surface area contributed by atoms with E-state index in [4.69, 9.17) is 9.47 Å². The number of thioether (sulfide) groups is 1. The Bertz CT molecular complexity index is 1580. The number of amidine groups is 1. The summed E-state index contributed by atoms with van der Waals surface area (Å²) in [6, 6.07) is 11.6. The van der Waals surface area contributed by atoms with Gasteiger partial charge < -0.3 is 25.2 Å². The van der Waals surface area contributed by atoms with Gasteiger partial charge in [0.2, 0.25) is 17.7 Å². The van der Waals surface area contributed by atoms with Crippen LogP contribution < -0.4 is 26.6 Å². The molecule has 0 spiro atoms. The largest absolute Gasteiger partial charge is 0.494 e. The van der Waals surface area contributed by atoms with Gasteiger partial charge in [-0.2, -0.15) is 0 Å². The van der Waals surface area contributed by atoms with Crippen LogP contribution in [0.2, 0.25) is 0 Å². The summed E-state index contributed by atoms with van der Waals surface area (Å²) in [6.45, 7) is 4.22. The fourth-order valence-corrected chi connectivity index (χ4v) is 4.95. The molecule has 214 valence electrons. The zero-order valence-electron chi connectivity index (χ0n) is 22.1. The Hall–Kier alpha value is -4.85. The van der Waals surface area contributed by atoms with E-state index in [0.29, 0.717) is 29.2 Å². The highest BCUT2D eigenvalue weighted by Gasteiger charge is 2.34. The van der Waals surface area contributed by atoms with Gasteiger partial charge in [0.05, 0.1) is 18.8 Å². The number of aromatic nitrogens is 2. The first kappa shape index (κ1) is 29.1. The zero-order chi connectivity index (χ0) is 29.5. The molecule has 0 radical (unpaired) electrons. The molecule has 2 amide bonds. The Kier molecular flexibility index (Phi) is 9.24. The molecule has 13 nitrogen and oxygen atoms in total. The minimum absolute atomic E-state index is 0.121. The van der Waals surface area contributed by atoms with Gasteiger partial charge >= 0.3 is 11.7 Å². The molecule has 1 fully saturated rings. The van der Waals surface area contributed by atoms with Gasteiger partial charge in [-0.25, -0.2) is 14.6 Å². The standard InChI is InChI=1S/C27H27N5O8S/c1-3-39-17-11-7-14(8-12-17)21(20-23(35)30-26(38)31-24(20)36)29-27-32-22(34)18(41-27)13-19(33)28-16-9-5-15(6-10-16)25(37)40-4-2/h5-12,18,21H,3-4,13H2,1-2H3,(H,28,33)(H,29,32,34)(H3,30,31,35,36,38)/t18-,21+/m0/s1. The van der Waals surface area contributed by atoms with E-state index in [1.807, 2.05) is 6.92 Å². The Morgan fingerprint density at radius 2 is 1.73 bits per heavy atom. The van der Waals surface area contributed by atoms with Gasteiger partial charge in [-0.05, 0) is 55.8 Å². The number of aliphatic imine (C=N–C) groups is 1. The monoisotopic (exact) mass is 581 g/mol. The zero-order valence-corrected chi connectivity index (χ0v) is 22.9. The minimum atomic E-state index is -1.11. The molecule has 1 aliphatic heterocycles. The molecule has 2 aromatic carbocycles. The highest BCUT2D eigenvalue weighted by molar-refractivity contribution is 8.15. The van der Waals surface area contributed by atoms with Crippen molar-refractivity contribution in [1.29, 1.82) is 0 Å². The molecular formula is C27H27N5O8S. The van der Waals surface area contributed by atoms with Crippen molar-refractivity contribution >= 4 is 40.4 Å².